The molecule has 25 heavy (non-hydrogen) atoms. The van der Waals surface area contributed by atoms with E-state index in [1.165, 1.54) is 116 Å². The van der Waals surface area contributed by atoms with Crippen molar-refractivity contribution in [3.05, 3.63) is 4.91 Å². The van der Waals surface area contributed by atoms with Gasteiger partial charge in [0, 0.05) is 0 Å². The number of nitroso groups, excluding NO2 is 1. The van der Waals surface area contributed by atoms with Crippen molar-refractivity contribution in [1.29, 1.82) is 0 Å². The average molecular weight is 354 g/mol. The zero-order valence-electron chi connectivity index (χ0n) is 17.6. The summed E-state index contributed by atoms with van der Waals surface area (Å²) < 4.78 is 0. The highest BCUT2D eigenvalue weighted by Gasteiger charge is 2.07. The summed E-state index contributed by atoms with van der Waals surface area (Å²) >= 11 is 0. The minimum atomic E-state index is 0.0918. The van der Waals surface area contributed by atoms with Crippen molar-refractivity contribution in [2.24, 2.45) is 5.18 Å². The molecule has 0 spiro atoms. The normalized spacial score (nSPS) is 11.3. The second kappa shape index (κ2) is 21.6. The summed E-state index contributed by atoms with van der Waals surface area (Å²) in [6.07, 6.45) is 26.3. The van der Waals surface area contributed by atoms with E-state index in [9.17, 15) is 4.91 Å². The van der Waals surface area contributed by atoms with Crippen molar-refractivity contribution in [3.8, 4) is 0 Å². The Morgan fingerprint density at radius 3 is 1.04 bits per heavy atom. The molecule has 0 aliphatic rings. The lowest BCUT2D eigenvalue weighted by Gasteiger charge is -2.09. The fourth-order valence-electron chi connectivity index (χ4n) is 3.63. The Kier molecular flexibility index (Phi) is 21.3. The maximum absolute atomic E-state index is 11.0. The van der Waals surface area contributed by atoms with Crippen molar-refractivity contribution in [2.45, 2.75) is 148 Å². The lowest BCUT2D eigenvalue weighted by atomic mass is 10.00. The second-order valence-corrected chi connectivity index (χ2v) is 7.99. The van der Waals surface area contributed by atoms with Crippen LogP contribution in [0.5, 0.6) is 0 Å². The lowest BCUT2D eigenvalue weighted by Crippen LogP contribution is -2.03. The molecule has 0 aromatic carbocycles. The third-order valence-electron chi connectivity index (χ3n) is 5.43. The van der Waals surface area contributed by atoms with E-state index in [4.69, 9.17) is 0 Å². The molecule has 0 amide bonds. The average Bonchev–Trinajstić information content (AvgIpc) is 2.63. The van der Waals surface area contributed by atoms with Crippen LogP contribution in [-0.4, -0.2) is 6.04 Å². The largest absolute Gasteiger partial charge is 0.151 e. The molecule has 0 saturated heterocycles. The van der Waals surface area contributed by atoms with Gasteiger partial charge in [0.2, 0.25) is 0 Å². The number of nitrogens with zero attached hydrogens (tertiary/aromatic N) is 1. The van der Waals surface area contributed by atoms with Crippen LogP contribution in [0.4, 0.5) is 0 Å². The summed E-state index contributed by atoms with van der Waals surface area (Å²) in [4.78, 5) is 11.0. The van der Waals surface area contributed by atoms with Gasteiger partial charge in [-0.2, -0.15) is 4.91 Å². The van der Waals surface area contributed by atoms with Crippen LogP contribution in [0.3, 0.4) is 0 Å². The van der Waals surface area contributed by atoms with Crippen LogP contribution in [-0.2, 0) is 0 Å². The molecule has 0 fully saturated rings. The van der Waals surface area contributed by atoms with Crippen LogP contribution in [0.25, 0.3) is 0 Å². The molecule has 0 unspecified atom stereocenters. The Bertz CT molecular complexity index is 232. The van der Waals surface area contributed by atoms with E-state index >= 15 is 0 Å². The van der Waals surface area contributed by atoms with Gasteiger partial charge in [-0.05, 0) is 12.8 Å². The van der Waals surface area contributed by atoms with Gasteiger partial charge in [-0.3, -0.25) is 0 Å². The van der Waals surface area contributed by atoms with Crippen LogP contribution < -0.4 is 0 Å². The first-order chi connectivity index (χ1) is 12.3. The minimum Gasteiger partial charge on any atom is -0.151 e. The Morgan fingerprint density at radius 1 is 0.480 bits per heavy atom. The number of rotatable bonds is 21. The lowest BCUT2D eigenvalue weighted by molar-refractivity contribution is 0.479. The molecule has 0 heterocycles. The maximum Gasteiger partial charge on any atom is 0.0919 e. The van der Waals surface area contributed by atoms with Gasteiger partial charge in [-0.15, -0.1) is 0 Å². The van der Waals surface area contributed by atoms with Gasteiger partial charge >= 0.3 is 0 Å². The summed E-state index contributed by atoms with van der Waals surface area (Å²) in [5, 5.41) is 3.37. The molecule has 0 aromatic rings. The fourth-order valence-corrected chi connectivity index (χ4v) is 3.63. The van der Waals surface area contributed by atoms with Gasteiger partial charge in [0.15, 0.2) is 0 Å². The van der Waals surface area contributed by atoms with Gasteiger partial charge in [-0.25, -0.2) is 0 Å². The van der Waals surface area contributed by atoms with Gasteiger partial charge in [0.25, 0.3) is 0 Å². The molecular weight excluding hydrogens is 306 g/mol. The molecule has 0 aromatic heterocycles. The topological polar surface area (TPSA) is 29.4 Å². The highest BCUT2D eigenvalue weighted by molar-refractivity contribution is 4.66. The first-order valence-electron chi connectivity index (χ1n) is 11.7. The second-order valence-electron chi connectivity index (χ2n) is 7.99. The Labute approximate surface area is 158 Å². The van der Waals surface area contributed by atoms with Gasteiger partial charge in [0.1, 0.15) is 0 Å². The molecule has 0 atom stereocenters. The van der Waals surface area contributed by atoms with Crippen LogP contribution in [0.1, 0.15) is 142 Å². The number of hydrogen-bond donors (Lipinski definition) is 0. The summed E-state index contributed by atoms with van der Waals surface area (Å²) in [7, 11) is 0. The van der Waals surface area contributed by atoms with E-state index in [1.807, 2.05) is 0 Å². The van der Waals surface area contributed by atoms with Crippen LogP contribution in [0.2, 0.25) is 0 Å². The van der Waals surface area contributed by atoms with Crippen molar-refractivity contribution in [2.75, 3.05) is 0 Å². The highest BCUT2D eigenvalue weighted by Crippen LogP contribution is 2.17. The van der Waals surface area contributed by atoms with Crippen molar-refractivity contribution < 1.29 is 0 Å². The molecule has 0 radical (unpaired) electrons. The van der Waals surface area contributed by atoms with Crippen LogP contribution in [0.15, 0.2) is 5.18 Å². The molecule has 150 valence electrons. The van der Waals surface area contributed by atoms with E-state index in [1.54, 1.807) is 0 Å². The zero-order chi connectivity index (χ0) is 18.4. The summed E-state index contributed by atoms with van der Waals surface area (Å²) in [5.41, 5.74) is 0. The van der Waals surface area contributed by atoms with E-state index in [-0.39, 0.29) is 6.04 Å². The standard InChI is InChI=1S/C23H47NO/c1-3-5-7-9-11-13-15-17-19-21-23(24-25)22-20-18-16-14-12-10-8-6-4-2/h23H,3-22H2,1-2H3. The zero-order valence-corrected chi connectivity index (χ0v) is 17.6. The van der Waals surface area contributed by atoms with Gasteiger partial charge < -0.3 is 0 Å². The minimum absolute atomic E-state index is 0.0918. The Balaban J connectivity index is 3.30. The van der Waals surface area contributed by atoms with Gasteiger partial charge in [-0.1, -0.05) is 135 Å². The van der Waals surface area contributed by atoms with Crippen molar-refractivity contribution in [1.82, 2.24) is 0 Å². The van der Waals surface area contributed by atoms with Crippen LogP contribution in [0, 0.1) is 4.91 Å². The number of unbranched alkanes of at least 4 members (excludes halogenated alkanes) is 16. The maximum atomic E-state index is 11.0. The third kappa shape index (κ3) is 19.8. The summed E-state index contributed by atoms with van der Waals surface area (Å²) in [5.74, 6) is 0. The fraction of sp³-hybridized carbons (Fsp3) is 1.00. The predicted molar refractivity (Wildman–Crippen MR) is 113 cm³/mol. The predicted octanol–water partition coefficient (Wildman–Crippen LogP) is 8.96. The molecule has 0 rings (SSSR count). The SMILES string of the molecule is CCCCCCCCCCCC(CCCCCCCCCCC)N=O. The molecule has 0 N–H and O–H groups in total. The van der Waals surface area contributed by atoms with E-state index < -0.39 is 0 Å². The Morgan fingerprint density at radius 2 is 0.760 bits per heavy atom. The summed E-state index contributed by atoms with van der Waals surface area (Å²) in [6.45, 7) is 4.54. The van der Waals surface area contributed by atoms with Crippen LogP contribution >= 0.6 is 0 Å². The smallest absolute Gasteiger partial charge is 0.0919 e. The molecule has 0 saturated carbocycles. The first kappa shape index (κ1) is 24.6. The summed E-state index contributed by atoms with van der Waals surface area (Å²) in [6, 6.07) is 0.0918. The monoisotopic (exact) mass is 353 g/mol. The molecule has 2 nitrogen and oxygen atoms in total. The first-order valence-corrected chi connectivity index (χ1v) is 11.7. The highest BCUT2D eigenvalue weighted by atomic mass is 16.3. The van der Waals surface area contributed by atoms with E-state index in [0.717, 1.165) is 12.8 Å². The number of hydrogen-bond acceptors (Lipinski definition) is 2. The van der Waals surface area contributed by atoms with Gasteiger partial charge in [0.05, 0.1) is 6.04 Å². The molecule has 0 bridgehead atoms. The van der Waals surface area contributed by atoms with E-state index in [0.29, 0.717) is 0 Å². The Hall–Kier alpha value is -0.400. The molecule has 0 aliphatic carbocycles. The van der Waals surface area contributed by atoms with Crippen molar-refractivity contribution >= 4 is 0 Å². The van der Waals surface area contributed by atoms with Crippen molar-refractivity contribution in [3.63, 3.8) is 0 Å². The molecular formula is C23H47NO. The molecule has 2 heteroatoms. The quantitative estimate of drug-likeness (QED) is 0.149. The van der Waals surface area contributed by atoms with E-state index in [2.05, 4.69) is 19.0 Å². The third-order valence-corrected chi connectivity index (χ3v) is 5.43. The molecule has 0 aliphatic heterocycles.